The lowest BCUT2D eigenvalue weighted by molar-refractivity contribution is -0.142. The largest absolute Gasteiger partial charge is 0.467 e. The van der Waals surface area contributed by atoms with Crippen LogP contribution in [0, 0.1) is 29.1 Å². The molecule has 2 bridgehead atoms. The van der Waals surface area contributed by atoms with Crippen LogP contribution in [-0.2, 0) is 16.1 Å². The highest BCUT2D eigenvalue weighted by Crippen LogP contribution is 2.73. The Kier molecular flexibility index (Phi) is 1.77. The Hall–Kier alpha value is -1.84. The summed E-state index contributed by atoms with van der Waals surface area (Å²) < 4.78 is 5.28. The van der Waals surface area contributed by atoms with Crippen LogP contribution >= 0.6 is 0 Å². The summed E-state index contributed by atoms with van der Waals surface area (Å²) in [5.41, 5.74) is 0.275. The molecule has 2 amide bonds. The predicted molar refractivity (Wildman–Crippen MR) is 69.0 cm³/mol. The molecule has 1 saturated heterocycles. The van der Waals surface area contributed by atoms with E-state index in [1.54, 1.807) is 12.3 Å². The molecule has 4 nitrogen and oxygen atoms in total. The second kappa shape index (κ2) is 3.25. The van der Waals surface area contributed by atoms with Gasteiger partial charge in [0, 0.05) is 0 Å². The summed E-state index contributed by atoms with van der Waals surface area (Å²) in [7, 11) is 0. The minimum Gasteiger partial charge on any atom is -0.467 e. The molecule has 1 spiro atoms. The monoisotopic (exact) mass is 269 g/mol. The van der Waals surface area contributed by atoms with Crippen LogP contribution in [0.3, 0.4) is 0 Å². The van der Waals surface area contributed by atoms with Crippen LogP contribution in [0.4, 0.5) is 0 Å². The molecule has 2 heterocycles. The van der Waals surface area contributed by atoms with E-state index in [1.165, 1.54) is 17.7 Å². The molecule has 4 heteroatoms. The van der Waals surface area contributed by atoms with Gasteiger partial charge in [0.15, 0.2) is 0 Å². The maximum Gasteiger partial charge on any atom is 0.234 e. The van der Waals surface area contributed by atoms with Crippen molar-refractivity contribution in [3.63, 3.8) is 0 Å². The molecule has 3 fully saturated rings. The van der Waals surface area contributed by atoms with Crippen molar-refractivity contribution in [2.75, 3.05) is 0 Å². The van der Waals surface area contributed by atoms with Gasteiger partial charge >= 0.3 is 0 Å². The highest BCUT2D eigenvalue weighted by atomic mass is 16.3. The van der Waals surface area contributed by atoms with E-state index in [9.17, 15) is 9.59 Å². The third-order valence-corrected chi connectivity index (χ3v) is 5.84. The number of likely N-dealkylation sites (tertiary alicyclic amines) is 1. The zero-order valence-corrected chi connectivity index (χ0v) is 11.0. The number of furan rings is 1. The van der Waals surface area contributed by atoms with Crippen molar-refractivity contribution in [3.8, 4) is 0 Å². The SMILES string of the molecule is O=C1[C@H]2[C@H](C(=O)N1Cc1ccco1)[C@H]1C=C[C@H]2C12CC2. The van der Waals surface area contributed by atoms with Crippen LogP contribution in [0.2, 0.25) is 0 Å². The van der Waals surface area contributed by atoms with Gasteiger partial charge in [0.1, 0.15) is 5.76 Å². The molecule has 0 N–H and O–H groups in total. The number of allylic oxidation sites excluding steroid dienone is 2. The number of carbonyl (C=O) groups excluding carboxylic acids is 2. The average Bonchev–Trinajstić information content (AvgIpc) is 2.73. The fourth-order valence-corrected chi connectivity index (χ4v) is 4.85. The van der Waals surface area contributed by atoms with E-state index in [2.05, 4.69) is 12.2 Å². The van der Waals surface area contributed by atoms with Crippen LogP contribution in [0.1, 0.15) is 18.6 Å². The Morgan fingerprint density at radius 3 is 2.30 bits per heavy atom. The topological polar surface area (TPSA) is 50.5 Å². The minimum atomic E-state index is -0.102. The highest BCUT2D eigenvalue weighted by Gasteiger charge is 2.73. The van der Waals surface area contributed by atoms with E-state index < -0.39 is 0 Å². The number of carbonyl (C=O) groups is 2. The molecular formula is C16H15NO3. The van der Waals surface area contributed by atoms with Crippen molar-refractivity contribution >= 4 is 11.8 Å². The van der Waals surface area contributed by atoms with E-state index in [0.717, 1.165) is 0 Å². The van der Waals surface area contributed by atoms with Gasteiger partial charge < -0.3 is 4.42 Å². The zero-order valence-electron chi connectivity index (χ0n) is 11.0. The van der Waals surface area contributed by atoms with Gasteiger partial charge in [0.25, 0.3) is 0 Å². The van der Waals surface area contributed by atoms with Crippen molar-refractivity contribution < 1.29 is 14.0 Å². The maximum absolute atomic E-state index is 12.7. The molecule has 20 heavy (non-hydrogen) atoms. The molecule has 5 rings (SSSR count). The van der Waals surface area contributed by atoms with Gasteiger partial charge in [-0.25, -0.2) is 0 Å². The van der Waals surface area contributed by atoms with Crippen LogP contribution in [0.15, 0.2) is 35.0 Å². The van der Waals surface area contributed by atoms with Crippen LogP contribution in [0.5, 0.6) is 0 Å². The third kappa shape index (κ3) is 1.06. The first-order valence-electron chi connectivity index (χ1n) is 7.28. The van der Waals surface area contributed by atoms with Crippen molar-refractivity contribution in [2.24, 2.45) is 29.1 Å². The molecule has 0 aromatic carbocycles. The van der Waals surface area contributed by atoms with Crippen molar-refractivity contribution in [1.82, 2.24) is 4.90 Å². The van der Waals surface area contributed by atoms with Gasteiger partial charge in [-0.15, -0.1) is 0 Å². The summed E-state index contributed by atoms with van der Waals surface area (Å²) in [6, 6.07) is 3.59. The fraction of sp³-hybridized carbons (Fsp3) is 0.500. The van der Waals surface area contributed by atoms with E-state index in [4.69, 9.17) is 4.42 Å². The molecule has 3 aliphatic carbocycles. The summed E-state index contributed by atoms with van der Waals surface area (Å²) in [5, 5.41) is 0. The summed E-state index contributed by atoms with van der Waals surface area (Å²) in [5.74, 6) is 1.10. The van der Waals surface area contributed by atoms with Crippen LogP contribution in [0.25, 0.3) is 0 Å². The predicted octanol–water partition coefficient (Wildman–Crippen LogP) is 1.98. The standard InChI is InChI=1S/C16H15NO3/c18-14-12-10-3-4-11(16(10)5-6-16)13(12)15(19)17(14)8-9-2-1-7-20-9/h1-4,7,10-13H,5-6,8H2/t10-,11-,12-,13-/m1/s1. The van der Waals surface area contributed by atoms with Gasteiger partial charge in [-0.2, -0.15) is 0 Å². The summed E-state index contributed by atoms with van der Waals surface area (Å²) in [6.45, 7) is 0.282. The van der Waals surface area contributed by atoms with Crippen molar-refractivity contribution in [1.29, 1.82) is 0 Å². The lowest BCUT2D eigenvalue weighted by Crippen LogP contribution is -2.34. The number of imide groups is 1. The Bertz CT molecular complexity index is 607. The molecule has 2 saturated carbocycles. The van der Waals surface area contributed by atoms with Crippen molar-refractivity contribution in [3.05, 3.63) is 36.3 Å². The van der Waals surface area contributed by atoms with Gasteiger partial charge in [-0.3, -0.25) is 14.5 Å². The van der Waals surface area contributed by atoms with E-state index in [1.807, 2.05) is 6.07 Å². The Morgan fingerprint density at radius 1 is 1.15 bits per heavy atom. The number of hydrogen-bond donors (Lipinski definition) is 0. The van der Waals surface area contributed by atoms with Gasteiger partial charge in [-0.1, -0.05) is 12.2 Å². The second-order valence-electron chi connectivity index (χ2n) is 6.56. The normalized spacial score (nSPS) is 39.1. The first-order chi connectivity index (χ1) is 9.72. The average molecular weight is 269 g/mol. The first-order valence-corrected chi connectivity index (χ1v) is 7.28. The number of hydrogen-bond acceptors (Lipinski definition) is 3. The molecule has 1 aliphatic heterocycles. The van der Waals surface area contributed by atoms with Gasteiger partial charge in [-0.05, 0) is 42.2 Å². The molecule has 4 aliphatic rings. The molecule has 0 radical (unpaired) electrons. The zero-order chi connectivity index (χ0) is 13.5. The van der Waals surface area contributed by atoms with Crippen LogP contribution in [-0.4, -0.2) is 16.7 Å². The molecule has 102 valence electrons. The quantitative estimate of drug-likeness (QED) is 0.609. The maximum atomic E-state index is 12.7. The molecule has 1 aromatic heterocycles. The van der Waals surface area contributed by atoms with Crippen LogP contribution < -0.4 is 0 Å². The molecular weight excluding hydrogens is 254 g/mol. The van der Waals surface area contributed by atoms with Gasteiger partial charge in [0.2, 0.25) is 11.8 Å². The molecule has 1 aromatic rings. The lowest BCUT2D eigenvalue weighted by Gasteiger charge is -2.20. The van der Waals surface area contributed by atoms with Crippen molar-refractivity contribution in [2.45, 2.75) is 19.4 Å². The lowest BCUT2D eigenvalue weighted by atomic mass is 9.85. The van der Waals surface area contributed by atoms with Gasteiger partial charge in [0.05, 0.1) is 24.6 Å². The Labute approximate surface area is 116 Å². The number of fused-ring (bicyclic) bond motifs is 3. The molecule has 0 unspecified atom stereocenters. The smallest absolute Gasteiger partial charge is 0.234 e. The number of rotatable bonds is 2. The van der Waals surface area contributed by atoms with E-state index >= 15 is 0 Å². The highest BCUT2D eigenvalue weighted by molar-refractivity contribution is 6.06. The Balaban J connectivity index is 1.50. The number of nitrogens with zero attached hydrogens (tertiary/aromatic N) is 1. The second-order valence-corrected chi connectivity index (χ2v) is 6.56. The minimum absolute atomic E-state index is 0.0134. The van der Waals surface area contributed by atoms with E-state index in [0.29, 0.717) is 17.6 Å². The Morgan fingerprint density at radius 2 is 1.80 bits per heavy atom. The van der Waals surface area contributed by atoms with E-state index in [-0.39, 0.29) is 35.6 Å². The molecule has 4 atom stereocenters. The summed E-state index contributed by atoms with van der Waals surface area (Å²) in [4.78, 5) is 26.7. The third-order valence-electron chi connectivity index (χ3n) is 5.84. The first kappa shape index (κ1) is 10.9. The summed E-state index contributed by atoms with van der Waals surface area (Å²) in [6.07, 6.45) is 8.33. The fourth-order valence-electron chi connectivity index (χ4n) is 4.85. The summed E-state index contributed by atoms with van der Waals surface area (Å²) >= 11 is 0. The number of amides is 2.